The number of amides is 1. The third-order valence-corrected chi connectivity index (χ3v) is 4.69. The summed E-state index contributed by atoms with van der Waals surface area (Å²) in [4.78, 5) is 20.9. The minimum absolute atomic E-state index is 0.0173. The second kappa shape index (κ2) is 8.28. The van der Waals surface area contributed by atoms with E-state index in [1.54, 1.807) is 0 Å². The Hall–Kier alpha value is -2.77. The second-order valence-electron chi connectivity index (χ2n) is 6.73. The van der Waals surface area contributed by atoms with Gasteiger partial charge in [-0.1, -0.05) is 0 Å². The number of rotatable bonds is 5. The number of nitrogens with zero attached hydrogens (tertiary/aromatic N) is 2. The number of aromatic nitrogens is 2. The summed E-state index contributed by atoms with van der Waals surface area (Å²) < 4.78 is 26.3. The van der Waals surface area contributed by atoms with E-state index >= 15 is 0 Å². The van der Waals surface area contributed by atoms with Crippen LogP contribution in [0.2, 0.25) is 0 Å². The van der Waals surface area contributed by atoms with E-state index in [-0.39, 0.29) is 23.6 Å². The maximum Gasteiger partial charge on any atom is 0.251 e. The van der Waals surface area contributed by atoms with E-state index < -0.39 is 11.6 Å². The lowest BCUT2D eigenvalue weighted by atomic mass is 9.91. The van der Waals surface area contributed by atoms with Crippen LogP contribution in [0.1, 0.15) is 41.9 Å². The highest BCUT2D eigenvalue weighted by atomic mass is 19.2. The molecular formula is C19H23F2N5O. The summed E-state index contributed by atoms with van der Waals surface area (Å²) in [7, 11) is 1.81. The van der Waals surface area contributed by atoms with Crippen molar-refractivity contribution >= 4 is 17.5 Å². The quantitative estimate of drug-likeness (QED) is 0.748. The van der Waals surface area contributed by atoms with Crippen LogP contribution in [-0.4, -0.2) is 35.0 Å². The summed E-state index contributed by atoms with van der Waals surface area (Å²) >= 11 is 0. The Morgan fingerprint density at radius 2 is 1.67 bits per heavy atom. The van der Waals surface area contributed by atoms with Gasteiger partial charge in [0.2, 0.25) is 0 Å². The van der Waals surface area contributed by atoms with Crippen molar-refractivity contribution in [3.8, 4) is 0 Å². The topological polar surface area (TPSA) is 78.9 Å². The van der Waals surface area contributed by atoms with Gasteiger partial charge in [0.15, 0.2) is 11.6 Å². The van der Waals surface area contributed by atoms with Crippen LogP contribution in [0.3, 0.4) is 0 Å². The number of anilines is 2. The second-order valence-corrected chi connectivity index (χ2v) is 6.73. The lowest BCUT2D eigenvalue weighted by Gasteiger charge is -2.30. The van der Waals surface area contributed by atoms with Crippen LogP contribution < -0.4 is 16.0 Å². The van der Waals surface area contributed by atoms with E-state index in [0.29, 0.717) is 5.82 Å². The lowest BCUT2D eigenvalue weighted by Crippen LogP contribution is -2.40. The van der Waals surface area contributed by atoms with Crippen LogP contribution in [0.5, 0.6) is 0 Å². The van der Waals surface area contributed by atoms with Gasteiger partial charge < -0.3 is 16.0 Å². The summed E-state index contributed by atoms with van der Waals surface area (Å²) in [5.74, 6) is -0.123. The third-order valence-electron chi connectivity index (χ3n) is 4.69. The molecule has 8 heteroatoms. The van der Waals surface area contributed by atoms with Crippen molar-refractivity contribution in [2.24, 2.45) is 0 Å². The van der Waals surface area contributed by atoms with Crippen molar-refractivity contribution in [3.63, 3.8) is 0 Å². The van der Waals surface area contributed by atoms with Crippen molar-refractivity contribution in [2.75, 3.05) is 17.7 Å². The lowest BCUT2D eigenvalue weighted by molar-refractivity contribution is 0.0926. The largest absolute Gasteiger partial charge is 0.373 e. The number of carbonyl (C=O) groups excluding carboxylic acids is 1. The van der Waals surface area contributed by atoms with E-state index in [2.05, 4.69) is 25.9 Å². The fourth-order valence-corrected chi connectivity index (χ4v) is 3.27. The maximum atomic E-state index is 13.3. The molecule has 1 aliphatic carbocycles. The maximum absolute atomic E-state index is 13.3. The van der Waals surface area contributed by atoms with E-state index in [0.717, 1.165) is 49.5 Å². The molecule has 2 aromatic rings. The van der Waals surface area contributed by atoms with Crippen LogP contribution in [0.15, 0.2) is 24.3 Å². The molecule has 1 amide bonds. The molecule has 6 nitrogen and oxygen atoms in total. The number of aryl methyl sites for hydroxylation is 1. The molecule has 0 saturated heterocycles. The van der Waals surface area contributed by atoms with Gasteiger partial charge in [-0.25, -0.2) is 18.7 Å². The highest BCUT2D eigenvalue weighted by Crippen LogP contribution is 2.23. The van der Waals surface area contributed by atoms with Crippen molar-refractivity contribution < 1.29 is 13.6 Å². The molecule has 1 saturated carbocycles. The zero-order valence-electron chi connectivity index (χ0n) is 15.4. The molecule has 1 aromatic carbocycles. The first-order valence-electron chi connectivity index (χ1n) is 9.00. The average molecular weight is 375 g/mol. The van der Waals surface area contributed by atoms with E-state index in [1.807, 2.05) is 20.0 Å². The Labute approximate surface area is 156 Å². The molecule has 1 aliphatic rings. The molecular weight excluding hydrogens is 352 g/mol. The number of hydrogen-bond donors (Lipinski definition) is 3. The summed E-state index contributed by atoms with van der Waals surface area (Å²) in [6.45, 7) is 1.84. The Balaban J connectivity index is 1.52. The fourth-order valence-electron chi connectivity index (χ4n) is 3.27. The summed E-state index contributed by atoms with van der Waals surface area (Å²) in [6, 6.07) is 5.33. The molecule has 0 bridgehead atoms. The molecule has 3 N–H and O–H groups in total. The van der Waals surface area contributed by atoms with E-state index in [4.69, 9.17) is 0 Å². The molecule has 0 spiro atoms. The van der Waals surface area contributed by atoms with E-state index in [1.165, 1.54) is 6.07 Å². The molecule has 0 unspecified atom stereocenters. The molecule has 3 rings (SSSR count). The third kappa shape index (κ3) is 4.90. The molecule has 144 valence electrons. The van der Waals surface area contributed by atoms with Crippen LogP contribution in [0.4, 0.5) is 20.4 Å². The predicted molar refractivity (Wildman–Crippen MR) is 99.8 cm³/mol. The standard InChI is InChI=1S/C19H23F2N5O/c1-11-23-17(22-2)10-18(24-11)25-13-4-6-14(7-5-13)26-19(27)12-3-8-15(20)16(21)9-12/h3,8-10,13-14H,4-7H2,1-2H3,(H,26,27)(H2,22,23,24,25). The summed E-state index contributed by atoms with van der Waals surface area (Å²) in [5.41, 5.74) is 0.130. The van der Waals surface area contributed by atoms with Crippen molar-refractivity contribution in [3.05, 3.63) is 47.3 Å². The number of carbonyl (C=O) groups is 1. The SMILES string of the molecule is CNc1cc(NC2CCC(NC(=O)c3ccc(F)c(F)c3)CC2)nc(C)n1. The Morgan fingerprint density at radius 3 is 2.33 bits per heavy atom. The van der Waals surface area contributed by atoms with Gasteiger partial charge in [-0.15, -0.1) is 0 Å². The molecule has 0 aliphatic heterocycles. The van der Waals surface area contributed by atoms with Gasteiger partial charge in [0.05, 0.1) is 0 Å². The van der Waals surface area contributed by atoms with Crippen LogP contribution in [0.25, 0.3) is 0 Å². The van der Waals surface area contributed by atoms with Gasteiger partial charge >= 0.3 is 0 Å². The van der Waals surface area contributed by atoms with Gasteiger partial charge in [-0.2, -0.15) is 0 Å². The van der Waals surface area contributed by atoms with Crippen molar-refractivity contribution in [1.82, 2.24) is 15.3 Å². The van der Waals surface area contributed by atoms with Gasteiger partial charge in [0.1, 0.15) is 17.5 Å². The van der Waals surface area contributed by atoms with Gasteiger partial charge in [-0.3, -0.25) is 4.79 Å². The molecule has 1 aromatic heterocycles. The first kappa shape index (κ1) is 19.0. The van der Waals surface area contributed by atoms with E-state index in [9.17, 15) is 13.6 Å². The number of hydrogen-bond acceptors (Lipinski definition) is 5. The number of benzene rings is 1. The minimum Gasteiger partial charge on any atom is -0.373 e. The molecule has 1 fully saturated rings. The molecule has 1 heterocycles. The fraction of sp³-hybridized carbons (Fsp3) is 0.421. The Kier molecular flexibility index (Phi) is 5.83. The van der Waals surface area contributed by atoms with Gasteiger partial charge in [-0.05, 0) is 50.8 Å². The molecule has 0 radical (unpaired) electrons. The number of halogens is 2. The Morgan fingerprint density at radius 1 is 1.00 bits per heavy atom. The molecule has 27 heavy (non-hydrogen) atoms. The first-order chi connectivity index (χ1) is 12.9. The summed E-state index contributed by atoms with van der Waals surface area (Å²) in [6.07, 6.45) is 3.35. The molecule has 0 atom stereocenters. The van der Waals surface area contributed by atoms with Gasteiger partial charge in [0, 0.05) is 30.8 Å². The highest BCUT2D eigenvalue weighted by molar-refractivity contribution is 5.94. The smallest absolute Gasteiger partial charge is 0.251 e. The zero-order chi connectivity index (χ0) is 19.4. The van der Waals surface area contributed by atoms with Gasteiger partial charge in [0.25, 0.3) is 5.91 Å². The van der Waals surface area contributed by atoms with Crippen molar-refractivity contribution in [2.45, 2.75) is 44.7 Å². The normalized spacial score (nSPS) is 19.4. The summed E-state index contributed by atoms with van der Waals surface area (Å²) in [5, 5.41) is 9.33. The predicted octanol–water partition coefficient (Wildman–Crippen LogP) is 3.26. The highest BCUT2D eigenvalue weighted by Gasteiger charge is 2.23. The monoisotopic (exact) mass is 375 g/mol. The van der Waals surface area contributed by atoms with Crippen LogP contribution in [-0.2, 0) is 0 Å². The first-order valence-corrected chi connectivity index (χ1v) is 9.00. The van der Waals surface area contributed by atoms with Crippen LogP contribution >= 0.6 is 0 Å². The number of nitrogens with one attached hydrogen (secondary N) is 3. The Bertz CT molecular complexity index is 822. The minimum atomic E-state index is -1.02. The van der Waals surface area contributed by atoms with Crippen molar-refractivity contribution in [1.29, 1.82) is 0 Å². The van der Waals surface area contributed by atoms with Crippen LogP contribution in [0, 0.1) is 18.6 Å². The average Bonchev–Trinajstić information content (AvgIpc) is 2.65. The zero-order valence-corrected chi connectivity index (χ0v) is 15.4.